The van der Waals surface area contributed by atoms with Gasteiger partial charge in [-0.25, -0.2) is 0 Å². The predicted molar refractivity (Wildman–Crippen MR) is 74.5 cm³/mol. The quantitative estimate of drug-likeness (QED) is 0.731. The van der Waals surface area contributed by atoms with Crippen molar-refractivity contribution < 1.29 is 0 Å². The molecule has 0 bridgehead atoms. The van der Waals surface area contributed by atoms with Crippen molar-refractivity contribution in [2.24, 2.45) is 0 Å². The van der Waals surface area contributed by atoms with Crippen LogP contribution in [0.3, 0.4) is 0 Å². The number of anilines is 1. The van der Waals surface area contributed by atoms with Crippen molar-refractivity contribution in [3.63, 3.8) is 0 Å². The van der Waals surface area contributed by atoms with E-state index in [1.807, 2.05) is 0 Å². The van der Waals surface area contributed by atoms with E-state index < -0.39 is 0 Å². The molecule has 88 valence electrons. The number of hydrogen-bond donors (Lipinski definition) is 1. The molecule has 2 heteroatoms. The van der Waals surface area contributed by atoms with Crippen LogP contribution in [-0.4, -0.2) is 13.2 Å². The van der Waals surface area contributed by atoms with Crippen LogP contribution in [0, 0.1) is 0 Å². The minimum Gasteiger partial charge on any atom is -0.329 e. The Morgan fingerprint density at radius 3 is 2.78 bits per heavy atom. The van der Waals surface area contributed by atoms with Crippen LogP contribution in [0.1, 0.15) is 5.56 Å². The molecule has 2 heterocycles. The second kappa shape index (κ2) is 3.72. The highest BCUT2D eigenvalue weighted by Gasteiger charge is 2.22. The third-order valence-corrected chi connectivity index (χ3v) is 3.70. The highest BCUT2D eigenvalue weighted by atomic mass is 15.3. The third kappa shape index (κ3) is 1.33. The SMILES string of the molecule is C1=c2ccccc2=C2CNCN2c2ccccc21. The van der Waals surface area contributed by atoms with Gasteiger partial charge in [0.1, 0.15) is 0 Å². The van der Waals surface area contributed by atoms with E-state index in [0.717, 1.165) is 13.2 Å². The monoisotopic (exact) mass is 234 g/mol. The molecule has 1 fully saturated rings. The molecule has 0 aromatic heterocycles. The first-order valence-electron chi connectivity index (χ1n) is 6.31. The summed E-state index contributed by atoms with van der Waals surface area (Å²) in [6.45, 7) is 1.84. The van der Waals surface area contributed by atoms with E-state index in [0.29, 0.717) is 0 Å². The van der Waals surface area contributed by atoms with Crippen LogP contribution in [0.5, 0.6) is 0 Å². The van der Waals surface area contributed by atoms with Gasteiger partial charge in [-0.15, -0.1) is 0 Å². The number of para-hydroxylation sites is 1. The van der Waals surface area contributed by atoms with Gasteiger partial charge in [0, 0.05) is 23.1 Å². The molecule has 0 unspecified atom stereocenters. The van der Waals surface area contributed by atoms with Crippen LogP contribution in [0.4, 0.5) is 5.69 Å². The van der Waals surface area contributed by atoms with Crippen LogP contribution in [0.25, 0.3) is 11.8 Å². The van der Waals surface area contributed by atoms with Crippen molar-refractivity contribution in [1.29, 1.82) is 0 Å². The van der Waals surface area contributed by atoms with Crippen molar-refractivity contribution in [3.8, 4) is 0 Å². The van der Waals surface area contributed by atoms with Crippen molar-refractivity contribution in [3.05, 3.63) is 64.5 Å². The molecular formula is C16H14N2. The Morgan fingerprint density at radius 1 is 0.944 bits per heavy atom. The van der Waals surface area contributed by atoms with E-state index in [2.05, 4.69) is 64.8 Å². The molecule has 2 aliphatic rings. The summed E-state index contributed by atoms with van der Waals surface area (Å²) in [5, 5.41) is 6.11. The molecule has 18 heavy (non-hydrogen) atoms. The molecule has 2 aromatic carbocycles. The summed E-state index contributed by atoms with van der Waals surface area (Å²) in [5.41, 5.74) is 3.98. The maximum Gasteiger partial charge on any atom is 0.0732 e. The Balaban J connectivity index is 2.16. The molecule has 1 N–H and O–H groups in total. The molecule has 0 saturated carbocycles. The van der Waals surface area contributed by atoms with Crippen molar-refractivity contribution in [2.75, 3.05) is 18.1 Å². The second-order valence-electron chi connectivity index (χ2n) is 4.75. The summed E-state index contributed by atoms with van der Waals surface area (Å²) in [5.74, 6) is 0. The number of nitrogens with one attached hydrogen (secondary N) is 1. The van der Waals surface area contributed by atoms with Gasteiger partial charge in [-0.2, -0.15) is 0 Å². The average molecular weight is 234 g/mol. The smallest absolute Gasteiger partial charge is 0.0732 e. The van der Waals surface area contributed by atoms with Crippen LogP contribution < -0.4 is 20.7 Å². The predicted octanol–water partition coefficient (Wildman–Crippen LogP) is 1.00. The number of benzene rings is 2. The maximum absolute atomic E-state index is 3.45. The highest BCUT2D eigenvalue weighted by molar-refractivity contribution is 5.80. The third-order valence-electron chi connectivity index (χ3n) is 3.70. The molecule has 0 spiro atoms. The summed E-state index contributed by atoms with van der Waals surface area (Å²) in [7, 11) is 0. The fourth-order valence-electron chi connectivity index (χ4n) is 2.86. The number of hydrogen-bond acceptors (Lipinski definition) is 2. The van der Waals surface area contributed by atoms with Crippen LogP contribution in [0.15, 0.2) is 48.5 Å². The van der Waals surface area contributed by atoms with E-state index in [1.54, 1.807) is 0 Å². The molecule has 2 aliphatic heterocycles. The normalized spacial score (nSPS) is 16.4. The van der Waals surface area contributed by atoms with Gasteiger partial charge < -0.3 is 4.90 Å². The molecule has 0 radical (unpaired) electrons. The van der Waals surface area contributed by atoms with Gasteiger partial charge in [0.2, 0.25) is 0 Å². The first kappa shape index (κ1) is 9.92. The number of fused-ring (bicyclic) bond motifs is 4. The van der Waals surface area contributed by atoms with E-state index in [9.17, 15) is 0 Å². The summed E-state index contributed by atoms with van der Waals surface area (Å²) in [4.78, 5) is 2.39. The molecule has 2 aromatic rings. The Hall–Kier alpha value is -2.06. The lowest BCUT2D eigenvalue weighted by molar-refractivity contribution is 0.855. The van der Waals surface area contributed by atoms with E-state index >= 15 is 0 Å². The Morgan fingerprint density at radius 2 is 1.78 bits per heavy atom. The summed E-state index contributed by atoms with van der Waals surface area (Å²) < 4.78 is 0. The van der Waals surface area contributed by atoms with Gasteiger partial charge in [0.05, 0.1) is 6.67 Å². The number of rotatable bonds is 0. The summed E-state index contributed by atoms with van der Waals surface area (Å²) >= 11 is 0. The zero-order valence-electron chi connectivity index (χ0n) is 10.1. The zero-order valence-corrected chi connectivity index (χ0v) is 10.1. The highest BCUT2D eigenvalue weighted by Crippen LogP contribution is 2.27. The molecule has 1 saturated heterocycles. The Bertz CT molecular complexity index is 731. The molecule has 0 aliphatic carbocycles. The molecule has 0 amide bonds. The summed E-state index contributed by atoms with van der Waals surface area (Å²) in [6.07, 6.45) is 2.29. The molecule has 0 atom stereocenters. The molecular weight excluding hydrogens is 220 g/mol. The van der Waals surface area contributed by atoms with Crippen molar-refractivity contribution >= 4 is 17.5 Å². The Labute approximate surface area is 106 Å². The van der Waals surface area contributed by atoms with E-state index in [-0.39, 0.29) is 0 Å². The van der Waals surface area contributed by atoms with Gasteiger partial charge in [-0.1, -0.05) is 42.5 Å². The first-order valence-corrected chi connectivity index (χ1v) is 6.31. The van der Waals surface area contributed by atoms with E-state index in [4.69, 9.17) is 0 Å². The van der Waals surface area contributed by atoms with Crippen LogP contribution >= 0.6 is 0 Å². The van der Waals surface area contributed by atoms with E-state index in [1.165, 1.54) is 27.4 Å². The van der Waals surface area contributed by atoms with Gasteiger partial charge in [-0.3, -0.25) is 5.32 Å². The zero-order chi connectivity index (χ0) is 11.9. The van der Waals surface area contributed by atoms with Crippen LogP contribution in [-0.2, 0) is 0 Å². The minimum atomic E-state index is 0.897. The maximum atomic E-state index is 3.45. The number of nitrogens with zero attached hydrogens (tertiary/aromatic N) is 1. The lowest BCUT2D eigenvalue weighted by atomic mass is 10.1. The Kier molecular flexibility index (Phi) is 2.05. The lowest BCUT2D eigenvalue weighted by Crippen LogP contribution is -2.30. The van der Waals surface area contributed by atoms with Gasteiger partial charge in [0.15, 0.2) is 0 Å². The average Bonchev–Trinajstić information content (AvgIpc) is 2.84. The fourth-order valence-corrected chi connectivity index (χ4v) is 2.86. The van der Waals surface area contributed by atoms with Crippen molar-refractivity contribution in [1.82, 2.24) is 5.32 Å². The lowest BCUT2D eigenvalue weighted by Gasteiger charge is -2.20. The first-order chi connectivity index (χ1) is 8.93. The second-order valence-corrected chi connectivity index (χ2v) is 4.75. The van der Waals surface area contributed by atoms with Gasteiger partial charge in [-0.05, 0) is 22.9 Å². The van der Waals surface area contributed by atoms with Crippen molar-refractivity contribution in [2.45, 2.75) is 0 Å². The topological polar surface area (TPSA) is 15.3 Å². The summed E-state index contributed by atoms with van der Waals surface area (Å²) in [6, 6.07) is 17.2. The molecule has 4 rings (SSSR count). The van der Waals surface area contributed by atoms with Gasteiger partial charge in [0.25, 0.3) is 0 Å². The van der Waals surface area contributed by atoms with Crippen LogP contribution in [0.2, 0.25) is 0 Å². The molecule has 2 nitrogen and oxygen atoms in total. The fraction of sp³-hybridized carbons (Fsp3) is 0.125. The van der Waals surface area contributed by atoms with Gasteiger partial charge >= 0.3 is 0 Å². The standard InChI is InChI=1S/C16H14N2/c1-3-7-14-12(5-1)9-13-6-2-4-8-15(13)18-11-17-10-16(14)18/h1-9,17H,10-11H2. The minimum absolute atomic E-state index is 0.897. The largest absolute Gasteiger partial charge is 0.329 e.